The van der Waals surface area contributed by atoms with Gasteiger partial charge in [0.25, 0.3) is 0 Å². The molecule has 1 amide bonds. The molecule has 0 bridgehead atoms. The lowest BCUT2D eigenvalue weighted by molar-refractivity contribution is -0.134. The summed E-state index contributed by atoms with van der Waals surface area (Å²) in [7, 11) is 0. The van der Waals surface area contributed by atoms with Gasteiger partial charge in [0, 0.05) is 43.8 Å². The molecule has 4 rings (SSSR count). The summed E-state index contributed by atoms with van der Waals surface area (Å²) < 4.78 is 0. The molecular formula is C22H31N3O. The Hall–Kier alpha value is -1.81. The van der Waals surface area contributed by atoms with Crippen LogP contribution in [0.25, 0.3) is 5.57 Å². The van der Waals surface area contributed by atoms with Gasteiger partial charge in [-0.05, 0) is 56.0 Å². The van der Waals surface area contributed by atoms with Crippen LogP contribution in [0, 0.1) is 5.92 Å². The minimum Gasteiger partial charge on any atom is -0.384 e. The van der Waals surface area contributed by atoms with E-state index < -0.39 is 0 Å². The van der Waals surface area contributed by atoms with Crippen molar-refractivity contribution in [3.05, 3.63) is 35.4 Å². The summed E-state index contributed by atoms with van der Waals surface area (Å²) in [5.41, 5.74) is 5.56. The fourth-order valence-corrected chi connectivity index (χ4v) is 5.17. The van der Waals surface area contributed by atoms with E-state index in [9.17, 15) is 4.79 Å². The standard InChI is InChI=1S/C22H31N3O/c1-4-10-25-14-16(22(26)24(5-2)6-3)11-18-17-8-7-9-19-21(17)15(13-23-19)12-20(18)25/h7-9,11,15-16,20,23H,4-6,10,12-14H2,1-3H3. The Kier molecular flexibility index (Phi) is 4.78. The molecule has 2 aliphatic heterocycles. The van der Waals surface area contributed by atoms with E-state index in [0.29, 0.717) is 12.0 Å². The Morgan fingerprint density at radius 1 is 1.27 bits per heavy atom. The first-order valence-electron chi connectivity index (χ1n) is 10.3. The molecule has 1 aliphatic carbocycles. The van der Waals surface area contributed by atoms with Crippen molar-refractivity contribution in [2.75, 3.05) is 38.0 Å². The van der Waals surface area contributed by atoms with Crippen LogP contribution in [0.4, 0.5) is 5.69 Å². The molecule has 3 aliphatic rings. The fourth-order valence-electron chi connectivity index (χ4n) is 5.17. The molecule has 4 heteroatoms. The van der Waals surface area contributed by atoms with E-state index in [2.05, 4.69) is 55.3 Å². The smallest absolute Gasteiger partial charge is 0.230 e. The van der Waals surface area contributed by atoms with Crippen molar-refractivity contribution in [3.63, 3.8) is 0 Å². The van der Waals surface area contributed by atoms with Gasteiger partial charge in [0.15, 0.2) is 0 Å². The van der Waals surface area contributed by atoms with Crippen LogP contribution in [0.3, 0.4) is 0 Å². The predicted octanol–water partition coefficient (Wildman–Crippen LogP) is 3.56. The Bertz CT molecular complexity index is 722. The summed E-state index contributed by atoms with van der Waals surface area (Å²) in [6.07, 6.45) is 4.61. The summed E-state index contributed by atoms with van der Waals surface area (Å²) in [5.74, 6) is 0.877. The van der Waals surface area contributed by atoms with Crippen LogP contribution in [0.2, 0.25) is 0 Å². The molecule has 3 unspecified atom stereocenters. The Morgan fingerprint density at radius 2 is 2.08 bits per heavy atom. The highest BCUT2D eigenvalue weighted by Crippen LogP contribution is 2.48. The van der Waals surface area contributed by atoms with Crippen molar-refractivity contribution in [1.82, 2.24) is 9.80 Å². The second kappa shape index (κ2) is 7.07. The maximum Gasteiger partial charge on any atom is 0.230 e. The van der Waals surface area contributed by atoms with E-state index >= 15 is 0 Å². The lowest BCUT2D eigenvalue weighted by atomic mass is 9.74. The minimum absolute atomic E-state index is 0.0190. The van der Waals surface area contributed by atoms with Gasteiger partial charge in [-0.3, -0.25) is 9.69 Å². The largest absolute Gasteiger partial charge is 0.384 e. The molecule has 1 aromatic rings. The molecule has 1 aromatic carbocycles. The Labute approximate surface area is 157 Å². The second-order valence-electron chi connectivity index (χ2n) is 7.83. The molecule has 3 atom stereocenters. The minimum atomic E-state index is -0.0190. The van der Waals surface area contributed by atoms with Gasteiger partial charge in [0.2, 0.25) is 5.91 Å². The first-order valence-corrected chi connectivity index (χ1v) is 10.3. The normalized spacial score (nSPS) is 26.6. The van der Waals surface area contributed by atoms with Crippen LogP contribution >= 0.6 is 0 Å². The topological polar surface area (TPSA) is 35.6 Å². The monoisotopic (exact) mass is 353 g/mol. The van der Waals surface area contributed by atoms with Crippen LogP contribution in [-0.4, -0.2) is 54.5 Å². The molecule has 0 aromatic heterocycles. The van der Waals surface area contributed by atoms with Gasteiger partial charge in [-0.1, -0.05) is 25.1 Å². The van der Waals surface area contributed by atoms with E-state index in [-0.39, 0.29) is 11.8 Å². The maximum absolute atomic E-state index is 13.1. The average molecular weight is 354 g/mol. The lowest BCUT2D eigenvalue weighted by Crippen LogP contribution is -2.49. The van der Waals surface area contributed by atoms with Crippen LogP contribution < -0.4 is 5.32 Å². The number of fused-ring (bicyclic) bond motifs is 2. The fraction of sp³-hybridized carbons (Fsp3) is 0.591. The summed E-state index contributed by atoms with van der Waals surface area (Å²) >= 11 is 0. The number of anilines is 1. The zero-order chi connectivity index (χ0) is 18.3. The highest BCUT2D eigenvalue weighted by atomic mass is 16.2. The number of carbonyl (C=O) groups is 1. The first-order chi connectivity index (χ1) is 12.7. The quantitative estimate of drug-likeness (QED) is 0.879. The van der Waals surface area contributed by atoms with Gasteiger partial charge in [-0.15, -0.1) is 0 Å². The SMILES string of the molecule is CCCN1CC(C(=O)N(CC)CC)C=C2c3cccc4c3C(CN4)CC21. The summed E-state index contributed by atoms with van der Waals surface area (Å²) in [6.45, 7) is 11.0. The number of benzene rings is 1. The molecule has 0 saturated carbocycles. The molecule has 0 spiro atoms. The third kappa shape index (κ3) is 2.75. The van der Waals surface area contributed by atoms with Crippen LogP contribution in [0.5, 0.6) is 0 Å². The third-order valence-electron chi connectivity index (χ3n) is 6.39. The molecule has 0 saturated heterocycles. The number of nitrogens with zero attached hydrogens (tertiary/aromatic N) is 2. The van der Waals surface area contributed by atoms with Gasteiger partial charge in [0.05, 0.1) is 5.92 Å². The van der Waals surface area contributed by atoms with Crippen molar-refractivity contribution >= 4 is 17.2 Å². The molecule has 2 heterocycles. The van der Waals surface area contributed by atoms with E-state index in [4.69, 9.17) is 0 Å². The van der Waals surface area contributed by atoms with E-state index in [1.54, 1.807) is 0 Å². The average Bonchev–Trinajstić information content (AvgIpc) is 3.08. The number of hydrogen-bond acceptors (Lipinski definition) is 3. The van der Waals surface area contributed by atoms with Crippen molar-refractivity contribution in [3.8, 4) is 0 Å². The van der Waals surface area contributed by atoms with Gasteiger partial charge in [-0.2, -0.15) is 0 Å². The van der Waals surface area contributed by atoms with Crippen LogP contribution in [-0.2, 0) is 4.79 Å². The van der Waals surface area contributed by atoms with Crippen molar-refractivity contribution in [1.29, 1.82) is 0 Å². The number of carbonyl (C=O) groups excluding carboxylic acids is 1. The summed E-state index contributed by atoms with van der Waals surface area (Å²) in [4.78, 5) is 17.6. The number of amides is 1. The highest BCUT2D eigenvalue weighted by molar-refractivity contribution is 5.87. The zero-order valence-corrected chi connectivity index (χ0v) is 16.3. The van der Waals surface area contributed by atoms with Gasteiger partial charge >= 0.3 is 0 Å². The third-order valence-corrected chi connectivity index (χ3v) is 6.39. The second-order valence-corrected chi connectivity index (χ2v) is 7.83. The molecule has 0 fully saturated rings. The first kappa shape index (κ1) is 17.6. The number of hydrogen-bond donors (Lipinski definition) is 1. The lowest BCUT2D eigenvalue weighted by Gasteiger charge is -2.44. The zero-order valence-electron chi connectivity index (χ0n) is 16.3. The summed E-state index contributed by atoms with van der Waals surface area (Å²) in [6, 6.07) is 7.09. The molecule has 26 heavy (non-hydrogen) atoms. The van der Waals surface area contributed by atoms with E-state index in [1.165, 1.54) is 28.8 Å². The molecular weight excluding hydrogens is 322 g/mol. The van der Waals surface area contributed by atoms with Crippen molar-refractivity contribution in [2.24, 2.45) is 5.92 Å². The highest BCUT2D eigenvalue weighted by Gasteiger charge is 2.41. The van der Waals surface area contributed by atoms with Crippen molar-refractivity contribution < 1.29 is 4.79 Å². The van der Waals surface area contributed by atoms with Gasteiger partial charge in [-0.25, -0.2) is 0 Å². The summed E-state index contributed by atoms with van der Waals surface area (Å²) in [5, 5.41) is 3.59. The van der Waals surface area contributed by atoms with Crippen LogP contribution in [0.1, 0.15) is 50.7 Å². The van der Waals surface area contributed by atoms with Crippen LogP contribution in [0.15, 0.2) is 24.3 Å². The van der Waals surface area contributed by atoms with Gasteiger partial charge < -0.3 is 10.2 Å². The maximum atomic E-state index is 13.1. The molecule has 1 N–H and O–H groups in total. The van der Waals surface area contributed by atoms with E-state index in [0.717, 1.165) is 39.1 Å². The predicted molar refractivity (Wildman–Crippen MR) is 107 cm³/mol. The Balaban J connectivity index is 1.76. The van der Waals surface area contributed by atoms with Crippen molar-refractivity contribution in [2.45, 2.75) is 45.6 Å². The number of nitrogens with one attached hydrogen (secondary N) is 1. The Morgan fingerprint density at radius 3 is 2.81 bits per heavy atom. The molecule has 4 nitrogen and oxygen atoms in total. The molecule has 0 radical (unpaired) electrons. The number of rotatable bonds is 5. The van der Waals surface area contributed by atoms with Gasteiger partial charge in [0.1, 0.15) is 0 Å². The molecule has 140 valence electrons. The van der Waals surface area contributed by atoms with E-state index in [1.807, 2.05) is 4.90 Å².